The molecule has 0 saturated carbocycles. The molecule has 1 rings (SSSR count). The Kier molecular flexibility index (Phi) is 6.67. The molecule has 0 spiro atoms. The van der Waals surface area contributed by atoms with E-state index in [4.69, 9.17) is 5.11 Å². The molecule has 7 nitrogen and oxygen atoms in total. The van der Waals surface area contributed by atoms with E-state index >= 15 is 0 Å². The maximum absolute atomic E-state index is 12.2. The van der Waals surface area contributed by atoms with E-state index in [0.717, 1.165) is 11.8 Å². The monoisotopic (exact) mass is 314 g/mol. The van der Waals surface area contributed by atoms with Crippen molar-refractivity contribution in [3.05, 3.63) is 5.82 Å². The molecule has 118 valence electrons. The number of nitrogens with one attached hydrogen (secondary N) is 1. The Balaban J connectivity index is 2.89. The van der Waals surface area contributed by atoms with Crippen molar-refractivity contribution in [2.45, 2.75) is 45.3 Å². The van der Waals surface area contributed by atoms with Gasteiger partial charge in [-0.2, -0.15) is 0 Å². The van der Waals surface area contributed by atoms with Crippen molar-refractivity contribution in [2.75, 3.05) is 12.3 Å². The number of aryl methyl sites for hydroxylation is 1. The second kappa shape index (κ2) is 8.02. The number of nitrogens with zero attached hydrogens (tertiary/aromatic N) is 3. The first-order valence-electron chi connectivity index (χ1n) is 6.92. The molecule has 1 amide bonds. The summed E-state index contributed by atoms with van der Waals surface area (Å²) in [5.41, 5.74) is 0. The fourth-order valence-electron chi connectivity index (χ4n) is 1.73. The Morgan fingerprint density at radius 2 is 2.00 bits per heavy atom. The van der Waals surface area contributed by atoms with E-state index in [0.29, 0.717) is 29.9 Å². The molecule has 1 aromatic heterocycles. The van der Waals surface area contributed by atoms with Crippen LogP contribution in [0.5, 0.6) is 0 Å². The average molecular weight is 314 g/mol. The molecule has 0 saturated heterocycles. The van der Waals surface area contributed by atoms with Gasteiger partial charge in [0.2, 0.25) is 5.91 Å². The largest absolute Gasteiger partial charge is 0.481 e. The topological polar surface area (TPSA) is 97.1 Å². The van der Waals surface area contributed by atoms with Gasteiger partial charge in [0, 0.05) is 13.0 Å². The molecular weight excluding hydrogens is 292 g/mol. The van der Waals surface area contributed by atoms with E-state index in [1.165, 1.54) is 0 Å². The van der Waals surface area contributed by atoms with Crippen LogP contribution < -0.4 is 5.32 Å². The van der Waals surface area contributed by atoms with E-state index < -0.39 is 12.0 Å². The predicted octanol–water partition coefficient (Wildman–Crippen LogP) is 1.35. The fraction of sp³-hybridized carbons (Fsp3) is 0.692. The van der Waals surface area contributed by atoms with Gasteiger partial charge in [0.1, 0.15) is 11.9 Å². The van der Waals surface area contributed by atoms with Crippen molar-refractivity contribution in [2.24, 2.45) is 5.92 Å². The third-order valence-electron chi connectivity index (χ3n) is 2.83. The maximum atomic E-state index is 12.2. The Bertz CT molecular complexity index is 502. The molecule has 2 N–H and O–H groups in total. The predicted molar refractivity (Wildman–Crippen MR) is 80.3 cm³/mol. The number of amides is 1. The highest BCUT2D eigenvalue weighted by Crippen LogP contribution is 2.22. The highest BCUT2D eigenvalue weighted by molar-refractivity contribution is 7.99. The summed E-state index contributed by atoms with van der Waals surface area (Å²) in [6.07, 6.45) is 0.627. The van der Waals surface area contributed by atoms with Crippen molar-refractivity contribution in [3.8, 4) is 0 Å². The van der Waals surface area contributed by atoms with Gasteiger partial charge in [0.15, 0.2) is 5.16 Å². The first-order valence-corrected chi connectivity index (χ1v) is 7.91. The molecule has 1 unspecified atom stereocenters. The minimum atomic E-state index is -0.926. The number of carboxylic acids is 1. The summed E-state index contributed by atoms with van der Waals surface area (Å²) >= 11 is 1.07. The van der Waals surface area contributed by atoms with Crippen molar-refractivity contribution < 1.29 is 14.7 Å². The molecule has 8 heteroatoms. The number of hydrogen-bond donors (Lipinski definition) is 2. The number of rotatable bonds is 8. The van der Waals surface area contributed by atoms with Gasteiger partial charge in [-0.15, -0.1) is 10.2 Å². The van der Waals surface area contributed by atoms with E-state index in [9.17, 15) is 9.59 Å². The number of aliphatic carboxylic acids is 1. The van der Waals surface area contributed by atoms with Gasteiger partial charge in [0.05, 0.1) is 5.75 Å². The van der Waals surface area contributed by atoms with Crippen LogP contribution in [-0.4, -0.2) is 44.0 Å². The Hall–Kier alpha value is -1.57. The number of carboxylic acid groups (broad SMARTS) is 1. The van der Waals surface area contributed by atoms with Crippen LogP contribution >= 0.6 is 11.8 Å². The first-order chi connectivity index (χ1) is 9.86. The third kappa shape index (κ3) is 5.04. The summed E-state index contributed by atoms with van der Waals surface area (Å²) in [7, 11) is 0. The summed E-state index contributed by atoms with van der Waals surface area (Å²) in [5.74, 6) is -0.106. The summed E-state index contributed by atoms with van der Waals surface area (Å²) in [5, 5.41) is 20.1. The van der Waals surface area contributed by atoms with Gasteiger partial charge in [0.25, 0.3) is 0 Å². The van der Waals surface area contributed by atoms with E-state index in [1.807, 2.05) is 20.8 Å². The molecular formula is C13H22N4O3S. The van der Waals surface area contributed by atoms with Crippen LogP contribution in [0.1, 0.15) is 39.6 Å². The van der Waals surface area contributed by atoms with Crippen LogP contribution in [0.15, 0.2) is 5.16 Å². The zero-order valence-electron chi connectivity index (χ0n) is 12.8. The molecule has 0 bridgehead atoms. The Morgan fingerprint density at radius 1 is 1.33 bits per heavy atom. The lowest BCUT2D eigenvalue weighted by atomic mass is 10.2. The van der Waals surface area contributed by atoms with Gasteiger partial charge >= 0.3 is 5.97 Å². The summed E-state index contributed by atoms with van der Waals surface area (Å²) < 4.78 is 1.71. The van der Waals surface area contributed by atoms with Gasteiger partial charge in [-0.25, -0.2) is 0 Å². The summed E-state index contributed by atoms with van der Waals surface area (Å²) in [4.78, 5) is 22.9. The van der Waals surface area contributed by atoms with E-state index in [1.54, 1.807) is 11.5 Å². The minimum absolute atomic E-state index is 0.109. The molecule has 0 fully saturated rings. The molecule has 0 aliphatic rings. The van der Waals surface area contributed by atoms with Gasteiger partial charge in [-0.1, -0.05) is 32.5 Å². The second-order valence-corrected chi connectivity index (χ2v) is 6.06. The molecule has 1 heterocycles. The van der Waals surface area contributed by atoms with Crippen molar-refractivity contribution in [3.63, 3.8) is 0 Å². The quantitative estimate of drug-likeness (QED) is 0.703. The Morgan fingerprint density at radius 3 is 2.52 bits per heavy atom. The summed E-state index contributed by atoms with van der Waals surface area (Å²) in [6, 6.07) is -0.468. The normalized spacial score (nSPS) is 12.4. The van der Waals surface area contributed by atoms with Gasteiger partial charge in [-0.05, 0) is 12.8 Å². The first kappa shape index (κ1) is 17.5. The van der Waals surface area contributed by atoms with Gasteiger partial charge in [-0.3, -0.25) is 14.2 Å². The van der Waals surface area contributed by atoms with E-state index in [2.05, 4.69) is 15.5 Å². The van der Waals surface area contributed by atoms with Crippen molar-refractivity contribution in [1.82, 2.24) is 20.1 Å². The van der Waals surface area contributed by atoms with Crippen LogP contribution in [0.2, 0.25) is 0 Å². The number of hydrogen-bond acceptors (Lipinski definition) is 5. The smallest absolute Gasteiger partial charge is 0.313 e. The van der Waals surface area contributed by atoms with E-state index in [-0.39, 0.29) is 11.7 Å². The lowest BCUT2D eigenvalue weighted by molar-refractivity contribution is -0.133. The van der Waals surface area contributed by atoms with Crippen LogP contribution in [0, 0.1) is 5.92 Å². The lowest BCUT2D eigenvalue weighted by Gasteiger charge is -2.18. The maximum Gasteiger partial charge on any atom is 0.313 e. The van der Waals surface area contributed by atoms with Crippen LogP contribution in [0.25, 0.3) is 0 Å². The van der Waals surface area contributed by atoms with Crippen LogP contribution in [0.3, 0.4) is 0 Å². The fourth-order valence-corrected chi connectivity index (χ4v) is 2.49. The molecule has 0 aliphatic heterocycles. The highest BCUT2D eigenvalue weighted by Gasteiger charge is 2.22. The molecule has 0 radical (unpaired) electrons. The molecule has 1 atom stereocenters. The zero-order valence-corrected chi connectivity index (χ0v) is 13.6. The number of thioether (sulfide) groups is 1. The van der Waals surface area contributed by atoms with Crippen molar-refractivity contribution in [1.29, 1.82) is 0 Å². The SMILES string of the molecule is CCc1nnc(SCC(=O)O)n1C(C)C(=O)NCC(C)C. The average Bonchev–Trinajstić information content (AvgIpc) is 2.84. The molecule has 0 aliphatic carbocycles. The molecule has 0 aromatic carbocycles. The molecule has 1 aromatic rings. The number of aromatic nitrogens is 3. The second-order valence-electron chi connectivity index (χ2n) is 5.12. The zero-order chi connectivity index (χ0) is 16.0. The van der Waals surface area contributed by atoms with Crippen LogP contribution in [0.4, 0.5) is 0 Å². The molecule has 21 heavy (non-hydrogen) atoms. The van der Waals surface area contributed by atoms with Crippen LogP contribution in [-0.2, 0) is 16.0 Å². The summed E-state index contributed by atoms with van der Waals surface area (Å²) in [6.45, 7) is 8.34. The standard InChI is InChI=1S/C13H22N4O3S/c1-5-10-15-16-13(21-7-11(18)19)17(10)9(4)12(20)14-6-8(2)3/h8-9H,5-7H2,1-4H3,(H,14,20)(H,18,19). The lowest BCUT2D eigenvalue weighted by Crippen LogP contribution is -2.34. The van der Waals surface area contributed by atoms with Gasteiger partial charge < -0.3 is 10.4 Å². The highest BCUT2D eigenvalue weighted by atomic mass is 32.2. The Labute approximate surface area is 128 Å². The van der Waals surface area contributed by atoms with Crippen molar-refractivity contribution >= 4 is 23.6 Å². The third-order valence-corrected chi connectivity index (χ3v) is 3.76. The number of carbonyl (C=O) groups is 2. The number of carbonyl (C=O) groups excluding carboxylic acids is 1. The minimum Gasteiger partial charge on any atom is -0.481 e.